The van der Waals surface area contributed by atoms with Crippen molar-refractivity contribution >= 4 is 22.8 Å². The molecule has 0 saturated carbocycles. The zero-order valence-electron chi connectivity index (χ0n) is 18.2. The van der Waals surface area contributed by atoms with Crippen LogP contribution in [0.2, 0.25) is 0 Å². The molecule has 1 aliphatic rings. The molecular weight excluding hydrogens is 376 g/mol. The van der Waals surface area contributed by atoms with Gasteiger partial charge in [0.15, 0.2) is 0 Å². The van der Waals surface area contributed by atoms with Crippen LogP contribution in [0.1, 0.15) is 33.6 Å². The molecule has 0 atom stereocenters. The number of hydrogen-bond donors (Lipinski definition) is 1. The van der Waals surface area contributed by atoms with E-state index in [4.69, 9.17) is 9.72 Å². The van der Waals surface area contributed by atoms with Crippen LogP contribution in [-0.4, -0.2) is 40.4 Å². The van der Waals surface area contributed by atoms with Gasteiger partial charge >= 0.3 is 6.09 Å². The van der Waals surface area contributed by atoms with Crippen LogP contribution in [0.15, 0.2) is 48.5 Å². The highest BCUT2D eigenvalue weighted by atomic mass is 16.6. The Morgan fingerprint density at radius 3 is 2.43 bits per heavy atom. The number of para-hydroxylation sites is 3. The van der Waals surface area contributed by atoms with E-state index in [0.29, 0.717) is 0 Å². The normalized spacial score (nSPS) is 15.4. The molecule has 0 bridgehead atoms. The van der Waals surface area contributed by atoms with E-state index in [9.17, 15) is 4.79 Å². The third-order valence-electron chi connectivity index (χ3n) is 5.49. The maximum absolute atomic E-state index is 12.1. The lowest BCUT2D eigenvalue weighted by Crippen LogP contribution is -2.46. The van der Waals surface area contributed by atoms with E-state index in [1.54, 1.807) is 0 Å². The number of nitrogens with zero attached hydrogens (tertiary/aromatic N) is 3. The Balaban J connectivity index is 1.50. The smallest absolute Gasteiger partial charge is 0.407 e. The summed E-state index contributed by atoms with van der Waals surface area (Å²) in [7, 11) is 2.07. The quantitative estimate of drug-likeness (QED) is 0.683. The molecule has 6 nitrogen and oxygen atoms in total. The third kappa shape index (κ3) is 4.27. The summed E-state index contributed by atoms with van der Waals surface area (Å²) in [5.74, 6) is 0.973. The molecule has 1 aromatic heterocycles. The summed E-state index contributed by atoms with van der Waals surface area (Å²) in [6.45, 7) is 7.40. The molecule has 1 amide bonds. The minimum atomic E-state index is -0.477. The van der Waals surface area contributed by atoms with E-state index in [2.05, 4.69) is 58.2 Å². The fourth-order valence-electron chi connectivity index (χ4n) is 4.06. The van der Waals surface area contributed by atoms with Crippen molar-refractivity contribution in [2.24, 2.45) is 7.05 Å². The number of nitrogens with one attached hydrogen (secondary N) is 1. The van der Waals surface area contributed by atoms with E-state index in [0.717, 1.165) is 48.4 Å². The van der Waals surface area contributed by atoms with Crippen molar-refractivity contribution in [3.63, 3.8) is 0 Å². The number of aromatic nitrogens is 2. The Bertz CT molecular complexity index is 1040. The van der Waals surface area contributed by atoms with Crippen molar-refractivity contribution in [2.45, 2.75) is 45.3 Å². The van der Waals surface area contributed by atoms with Gasteiger partial charge in [0.2, 0.25) is 0 Å². The second-order valence-electron chi connectivity index (χ2n) is 8.91. The molecule has 6 heteroatoms. The fraction of sp³-hybridized carbons (Fsp3) is 0.417. The molecular formula is C24H30N4O2. The summed E-state index contributed by atoms with van der Waals surface area (Å²) in [6.07, 6.45) is 1.44. The first-order chi connectivity index (χ1) is 14.3. The monoisotopic (exact) mass is 406 g/mol. The van der Waals surface area contributed by atoms with Gasteiger partial charge in [-0.15, -0.1) is 0 Å². The third-order valence-corrected chi connectivity index (χ3v) is 5.49. The van der Waals surface area contributed by atoms with E-state index in [1.165, 1.54) is 5.69 Å². The molecule has 1 saturated heterocycles. The summed E-state index contributed by atoms with van der Waals surface area (Å²) >= 11 is 0. The predicted octanol–water partition coefficient (Wildman–Crippen LogP) is 4.73. The van der Waals surface area contributed by atoms with E-state index >= 15 is 0 Å². The van der Waals surface area contributed by atoms with E-state index < -0.39 is 5.60 Å². The summed E-state index contributed by atoms with van der Waals surface area (Å²) in [6, 6.07) is 16.8. The second-order valence-corrected chi connectivity index (χ2v) is 8.91. The van der Waals surface area contributed by atoms with Crippen molar-refractivity contribution in [1.29, 1.82) is 0 Å². The van der Waals surface area contributed by atoms with Gasteiger partial charge in [0.1, 0.15) is 11.4 Å². The minimum Gasteiger partial charge on any atom is -0.444 e. The molecule has 0 aliphatic carbocycles. The van der Waals surface area contributed by atoms with Gasteiger partial charge in [-0.05, 0) is 57.9 Å². The van der Waals surface area contributed by atoms with Crippen molar-refractivity contribution in [3.8, 4) is 11.4 Å². The highest BCUT2D eigenvalue weighted by Gasteiger charge is 2.25. The first-order valence-corrected chi connectivity index (χ1v) is 10.6. The Hall–Kier alpha value is -3.02. The fourth-order valence-corrected chi connectivity index (χ4v) is 4.06. The van der Waals surface area contributed by atoms with Gasteiger partial charge in [0.05, 0.1) is 11.0 Å². The van der Waals surface area contributed by atoms with E-state index in [1.807, 2.05) is 32.9 Å². The number of alkyl carbamates (subject to hydrolysis) is 1. The molecule has 158 valence electrons. The Kier molecular flexibility index (Phi) is 5.41. The molecule has 4 rings (SSSR count). The highest BCUT2D eigenvalue weighted by Crippen LogP contribution is 2.33. The van der Waals surface area contributed by atoms with Crippen LogP contribution in [0.4, 0.5) is 10.5 Å². The minimum absolute atomic E-state index is 0.138. The standard InChI is InChI=1S/C24H30N4O2/c1-24(2,3)30-23(29)25-17-13-15-28(16-14-17)20-11-7-5-9-18(20)22-26-19-10-6-8-12-21(19)27(22)4/h5-12,17H,13-16H2,1-4H3,(H,25,29). The lowest BCUT2D eigenvalue weighted by Gasteiger charge is -2.35. The van der Waals surface area contributed by atoms with Gasteiger partial charge in [-0.3, -0.25) is 0 Å². The van der Waals surface area contributed by atoms with Crippen LogP contribution in [0, 0.1) is 0 Å². The van der Waals surface area contributed by atoms with Crippen LogP contribution in [0.5, 0.6) is 0 Å². The van der Waals surface area contributed by atoms with Crippen molar-refractivity contribution in [3.05, 3.63) is 48.5 Å². The number of imidazole rings is 1. The van der Waals surface area contributed by atoms with Crippen molar-refractivity contribution in [2.75, 3.05) is 18.0 Å². The topological polar surface area (TPSA) is 59.4 Å². The number of aryl methyl sites for hydroxylation is 1. The van der Waals surface area contributed by atoms with Crippen molar-refractivity contribution in [1.82, 2.24) is 14.9 Å². The number of fused-ring (bicyclic) bond motifs is 1. The zero-order valence-corrected chi connectivity index (χ0v) is 18.2. The molecule has 0 unspecified atom stereocenters. The molecule has 2 heterocycles. The zero-order chi connectivity index (χ0) is 21.3. The highest BCUT2D eigenvalue weighted by molar-refractivity contribution is 5.84. The van der Waals surface area contributed by atoms with Crippen LogP contribution < -0.4 is 10.2 Å². The van der Waals surface area contributed by atoms with Gasteiger partial charge in [-0.1, -0.05) is 24.3 Å². The van der Waals surface area contributed by atoms with Crippen LogP contribution >= 0.6 is 0 Å². The maximum Gasteiger partial charge on any atom is 0.407 e. The van der Waals surface area contributed by atoms with Crippen LogP contribution in [0.25, 0.3) is 22.4 Å². The lowest BCUT2D eigenvalue weighted by molar-refractivity contribution is 0.0497. The Labute approximate surface area is 177 Å². The average molecular weight is 407 g/mol. The largest absolute Gasteiger partial charge is 0.444 e. The summed E-state index contributed by atoms with van der Waals surface area (Å²) in [5, 5.41) is 3.02. The number of hydrogen-bond acceptors (Lipinski definition) is 4. The Morgan fingerprint density at radius 1 is 1.07 bits per heavy atom. The number of piperidine rings is 1. The molecule has 0 spiro atoms. The van der Waals surface area contributed by atoms with Crippen LogP contribution in [-0.2, 0) is 11.8 Å². The van der Waals surface area contributed by atoms with E-state index in [-0.39, 0.29) is 12.1 Å². The molecule has 2 aromatic carbocycles. The summed E-state index contributed by atoms with van der Waals surface area (Å²) < 4.78 is 7.55. The summed E-state index contributed by atoms with van der Waals surface area (Å²) in [4.78, 5) is 19.4. The summed E-state index contributed by atoms with van der Waals surface area (Å²) in [5.41, 5.74) is 3.98. The predicted molar refractivity (Wildman–Crippen MR) is 121 cm³/mol. The van der Waals surface area contributed by atoms with Crippen LogP contribution in [0.3, 0.4) is 0 Å². The number of rotatable bonds is 3. The number of carbonyl (C=O) groups excluding carboxylic acids is 1. The molecule has 1 fully saturated rings. The SMILES string of the molecule is Cn1c(-c2ccccc2N2CCC(NC(=O)OC(C)(C)C)CC2)nc2ccccc21. The van der Waals surface area contributed by atoms with Gasteiger partial charge in [-0.25, -0.2) is 9.78 Å². The lowest BCUT2D eigenvalue weighted by atomic mass is 10.0. The number of amides is 1. The van der Waals surface area contributed by atoms with Gasteiger partial charge in [-0.2, -0.15) is 0 Å². The second kappa shape index (κ2) is 8.01. The number of carbonyl (C=O) groups is 1. The van der Waals surface area contributed by atoms with Gasteiger partial charge in [0, 0.05) is 37.4 Å². The first kappa shape index (κ1) is 20.3. The average Bonchev–Trinajstić information content (AvgIpc) is 3.04. The number of benzene rings is 2. The number of ether oxygens (including phenoxy) is 1. The molecule has 30 heavy (non-hydrogen) atoms. The van der Waals surface area contributed by atoms with Gasteiger partial charge < -0.3 is 19.5 Å². The number of anilines is 1. The maximum atomic E-state index is 12.1. The molecule has 1 aliphatic heterocycles. The molecule has 0 radical (unpaired) electrons. The van der Waals surface area contributed by atoms with Crippen molar-refractivity contribution < 1.29 is 9.53 Å². The molecule has 3 aromatic rings. The molecule has 1 N–H and O–H groups in total. The van der Waals surface area contributed by atoms with Gasteiger partial charge in [0.25, 0.3) is 0 Å². The Morgan fingerprint density at radius 2 is 1.73 bits per heavy atom. The first-order valence-electron chi connectivity index (χ1n) is 10.6.